The molecule has 2 fully saturated rings. The summed E-state index contributed by atoms with van der Waals surface area (Å²) in [5.74, 6) is 0. The highest BCUT2D eigenvalue weighted by molar-refractivity contribution is 4.97. The Kier molecular flexibility index (Phi) is 1.42. The van der Waals surface area contributed by atoms with Gasteiger partial charge < -0.3 is 20.9 Å². The van der Waals surface area contributed by atoms with Crippen LogP contribution in [0.2, 0.25) is 0 Å². The van der Waals surface area contributed by atoms with Gasteiger partial charge in [0.15, 0.2) is 0 Å². The first-order valence-corrected chi connectivity index (χ1v) is 3.53. The maximum Gasteiger partial charge on any atom is 0.103 e. The van der Waals surface area contributed by atoms with Crippen molar-refractivity contribution < 1.29 is 9.47 Å². The smallest absolute Gasteiger partial charge is 0.103 e. The second-order valence-corrected chi connectivity index (χ2v) is 2.92. The molecule has 0 bridgehead atoms. The molecule has 0 aromatic heterocycles. The van der Waals surface area contributed by atoms with Gasteiger partial charge in [-0.2, -0.15) is 0 Å². The Hall–Kier alpha value is -0.160. The third-order valence-corrected chi connectivity index (χ3v) is 2.13. The van der Waals surface area contributed by atoms with E-state index < -0.39 is 0 Å². The summed E-state index contributed by atoms with van der Waals surface area (Å²) in [7, 11) is 0. The monoisotopic (exact) mass is 144 g/mol. The van der Waals surface area contributed by atoms with E-state index in [0.29, 0.717) is 13.2 Å². The van der Waals surface area contributed by atoms with Crippen LogP contribution in [0, 0.1) is 0 Å². The molecule has 0 amide bonds. The van der Waals surface area contributed by atoms with E-state index in [0.717, 1.165) is 0 Å². The van der Waals surface area contributed by atoms with Crippen molar-refractivity contribution in [1.29, 1.82) is 0 Å². The van der Waals surface area contributed by atoms with Gasteiger partial charge in [0, 0.05) is 0 Å². The quantitative estimate of drug-likeness (QED) is 0.431. The molecule has 0 radical (unpaired) electrons. The van der Waals surface area contributed by atoms with E-state index >= 15 is 0 Å². The molecular formula is C6H12N2O2. The van der Waals surface area contributed by atoms with Gasteiger partial charge in [-0.1, -0.05) is 0 Å². The van der Waals surface area contributed by atoms with Crippen LogP contribution < -0.4 is 11.5 Å². The summed E-state index contributed by atoms with van der Waals surface area (Å²) in [6.45, 7) is 1.17. The molecule has 0 spiro atoms. The minimum atomic E-state index is 0.0264. The fourth-order valence-electron chi connectivity index (χ4n) is 1.56. The van der Waals surface area contributed by atoms with Crippen molar-refractivity contribution in [3.05, 3.63) is 0 Å². The molecule has 10 heavy (non-hydrogen) atoms. The largest absolute Gasteiger partial charge is 0.372 e. The Bertz CT molecular complexity index is 126. The van der Waals surface area contributed by atoms with Crippen LogP contribution in [0.3, 0.4) is 0 Å². The lowest BCUT2D eigenvalue weighted by Gasteiger charge is -2.10. The van der Waals surface area contributed by atoms with Crippen LogP contribution in [0.25, 0.3) is 0 Å². The van der Waals surface area contributed by atoms with Gasteiger partial charge in [-0.3, -0.25) is 0 Å². The molecule has 4 heteroatoms. The molecule has 2 aliphatic rings. The summed E-state index contributed by atoms with van der Waals surface area (Å²) in [5, 5.41) is 0. The van der Waals surface area contributed by atoms with E-state index in [9.17, 15) is 0 Å². The number of fused-ring (bicyclic) bond motifs is 1. The van der Waals surface area contributed by atoms with Crippen molar-refractivity contribution in [3.8, 4) is 0 Å². The first-order valence-electron chi connectivity index (χ1n) is 3.53. The zero-order valence-electron chi connectivity index (χ0n) is 5.69. The first kappa shape index (κ1) is 6.54. The molecule has 0 aliphatic carbocycles. The predicted molar refractivity (Wildman–Crippen MR) is 35.4 cm³/mol. The van der Waals surface area contributed by atoms with Crippen LogP contribution in [-0.4, -0.2) is 37.5 Å². The lowest BCUT2D eigenvalue weighted by atomic mass is 10.1. The summed E-state index contributed by atoms with van der Waals surface area (Å²) in [5.41, 5.74) is 11.4. The van der Waals surface area contributed by atoms with E-state index in [1.165, 1.54) is 0 Å². The van der Waals surface area contributed by atoms with Gasteiger partial charge in [-0.05, 0) is 0 Å². The van der Waals surface area contributed by atoms with E-state index in [1.807, 2.05) is 0 Å². The zero-order chi connectivity index (χ0) is 7.14. The molecule has 58 valence electrons. The Morgan fingerprint density at radius 1 is 0.900 bits per heavy atom. The Labute approximate surface area is 59.5 Å². The summed E-state index contributed by atoms with van der Waals surface area (Å²) >= 11 is 0. The average Bonchev–Trinajstić information content (AvgIpc) is 2.41. The first-order chi connectivity index (χ1) is 4.79. The molecule has 4 atom stereocenters. The molecule has 0 saturated carbocycles. The maximum atomic E-state index is 5.68. The van der Waals surface area contributed by atoms with Crippen LogP contribution in [0.5, 0.6) is 0 Å². The van der Waals surface area contributed by atoms with Crippen LogP contribution in [0.15, 0.2) is 0 Å². The third-order valence-electron chi connectivity index (χ3n) is 2.13. The lowest BCUT2D eigenvalue weighted by Crippen LogP contribution is -2.39. The molecule has 0 unspecified atom stereocenters. The SMILES string of the molecule is N[C@H]1CO[C@H]2[C@@H]1OC[C@@H]2N. The summed E-state index contributed by atoms with van der Waals surface area (Å²) < 4.78 is 10.7. The standard InChI is InChI=1S/C6H12N2O2/c7-3-1-9-6-4(8)2-10-5(3)6/h3-6H,1-2,7-8H2/t3-,4-,5+,6+/m0/s1. The molecule has 2 rings (SSSR count). The number of hydrogen-bond donors (Lipinski definition) is 2. The minimum Gasteiger partial charge on any atom is -0.372 e. The highest BCUT2D eigenvalue weighted by Gasteiger charge is 2.44. The molecule has 2 heterocycles. The van der Waals surface area contributed by atoms with Gasteiger partial charge in [-0.15, -0.1) is 0 Å². The average molecular weight is 144 g/mol. The molecule has 2 aliphatic heterocycles. The highest BCUT2D eigenvalue weighted by atomic mass is 16.6. The predicted octanol–water partition coefficient (Wildman–Crippen LogP) is -1.56. The Balaban J connectivity index is 2.09. The van der Waals surface area contributed by atoms with Gasteiger partial charge in [-0.25, -0.2) is 0 Å². The third kappa shape index (κ3) is 0.769. The fourth-order valence-corrected chi connectivity index (χ4v) is 1.56. The normalized spacial score (nSPS) is 53.4. The van der Waals surface area contributed by atoms with Crippen LogP contribution in [-0.2, 0) is 9.47 Å². The lowest BCUT2D eigenvalue weighted by molar-refractivity contribution is 0.0691. The zero-order valence-corrected chi connectivity index (χ0v) is 5.69. The number of nitrogens with two attached hydrogens (primary N) is 2. The maximum absolute atomic E-state index is 5.68. The van der Waals surface area contributed by atoms with E-state index in [2.05, 4.69) is 0 Å². The summed E-state index contributed by atoms with van der Waals surface area (Å²) in [6.07, 6.45) is 0.102. The number of ether oxygens (including phenoxy) is 2. The molecule has 2 saturated heterocycles. The Morgan fingerprint density at radius 3 is 1.70 bits per heavy atom. The van der Waals surface area contributed by atoms with Gasteiger partial charge in [0.25, 0.3) is 0 Å². The summed E-state index contributed by atoms with van der Waals surface area (Å²) in [4.78, 5) is 0. The second kappa shape index (κ2) is 2.17. The minimum absolute atomic E-state index is 0.0264. The topological polar surface area (TPSA) is 70.5 Å². The van der Waals surface area contributed by atoms with Crippen molar-refractivity contribution >= 4 is 0 Å². The number of hydrogen-bond acceptors (Lipinski definition) is 4. The van der Waals surface area contributed by atoms with Crippen molar-refractivity contribution in [2.45, 2.75) is 24.3 Å². The highest BCUT2D eigenvalue weighted by Crippen LogP contribution is 2.24. The van der Waals surface area contributed by atoms with Crippen molar-refractivity contribution in [2.75, 3.05) is 13.2 Å². The van der Waals surface area contributed by atoms with Crippen LogP contribution >= 0.6 is 0 Å². The molecule has 0 aromatic carbocycles. The van der Waals surface area contributed by atoms with Crippen molar-refractivity contribution in [2.24, 2.45) is 11.5 Å². The van der Waals surface area contributed by atoms with Gasteiger partial charge in [0.2, 0.25) is 0 Å². The van der Waals surface area contributed by atoms with E-state index in [-0.39, 0.29) is 24.3 Å². The second-order valence-electron chi connectivity index (χ2n) is 2.92. The fraction of sp³-hybridized carbons (Fsp3) is 1.00. The van der Waals surface area contributed by atoms with Crippen LogP contribution in [0.1, 0.15) is 0 Å². The van der Waals surface area contributed by atoms with Gasteiger partial charge in [0.1, 0.15) is 12.2 Å². The number of rotatable bonds is 0. The van der Waals surface area contributed by atoms with Crippen LogP contribution in [0.4, 0.5) is 0 Å². The van der Waals surface area contributed by atoms with Crippen molar-refractivity contribution in [3.63, 3.8) is 0 Å². The summed E-state index contributed by atoms with van der Waals surface area (Å²) in [6, 6.07) is 0.0529. The molecule has 4 nitrogen and oxygen atoms in total. The molecular weight excluding hydrogens is 132 g/mol. The molecule has 0 aromatic rings. The van der Waals surface area contributed by atoms with E-state index in [4.69, 9.17) is 20.9 Å². The van der Waals surface area contributed by atoms with Gasteiger partial charge in [0.05, 0.1) is 25.3 Å². The van der Waals surface area contributed by atoms with E-state index in [1.54, 1.807) is 0 Å². The van der Waals surface area contributed by atoms with Gasteiger partial charge >= 0.3 is 0 Å². The Morgan fingerprint density at radius 2 is 1.30 bits per heavy atom. The van der Waals surface area contributed by atoms with Crippen molar-refractivity contribution in [1.82, 2.24) is 0 Å². The molecule has 4 N–H and O–H groups in total.